The van der Waals surface area contributed by atoms with E-state index in [4.69, 9.17) is 11.5 Å². The van der Waals surface area contributed by atoms with Gasteiger partial charge in [-0.15, -0.1) is 11.8 Å². The van der Waals surface area contributed by atoms with Crippen LogP contribution in [0.5, 0.6) is 0 Å². The molecular formula is C23H28N8OS. The number of carbonyl (C=O) groups is 1. The van der Waals surface area contributed by atoms with E-state index in [0.29, 0.717) is 16.4 Å². The van der Waals surface area contributed by atoms with E-state index in [0.717, 1.165) is 42.1 Å². The van der Waals surface area contributed by atoms with Gasteiger partial charge in [0.2, 0.25) is 5.95 Å². The van der Waals surface area contributed by atoms with Crippen LogP contribution in [0.1, 0.15) is 41.6 Å². The maximum Gasteiger partial charge on any atom is 0.260 e. The Kier molecular flexibility index (Phi) is 6.93. The van der Waals surface area contributed by atoms with Gasteiger partial charge in [0.15, 0.2) is 5.96 Å². The molecule has 2 aromatic heterocycles. The van der Waals surface area contributed by atoms with Crippen molar-refractivity contribution in [2.45, 2.75) is 49.7 Å². The predicted octanol–water partition coefficient (Wildman–Crippen LogP) is 3.30. The molecule has 1 saturated carbocycles. The Morgan fingerprint density at radius 1 is 1.18 bits per heavy atom. The number of nitrogens with two attached hydrogens (primary N) is 2. The molecule has 0 radical (unpaired) electrons. The second-order valence-electron chi connectivity index (χ2n) is 8.09. The zero-order valence-corrected chi connectivity index (χ0v) is 19.5. The summed E-state index contributed by atoms with van der Waals surface area (Å²) in [5, 5.41) is 7.91. The fourth-order valence-corrected chi connectivity index (χ4v) is 4.65. The molecule has 0 saturated heterocycles. The third kappa shape index (κ3) is 5.33. The highest BCUT2D eigenvalue weighted by atomic mass is 32.2. The van der Waals surface area contributed by atoms with E-state index < -0.39 is 0 Å². The number of fused-ring (bicyclic) bond motifs is 1. The number of aryl methyl sites for hydroxylation is 1. The highest BCUT2D eigenvalue weighted by molar-refractivity contribution is 7.98. The topological polar surface area (TPSA) is 144 Å². The Morgan fingerprint density at radius 2 is 2.00 bits per heavy atom. The van der Waals surface area contributed by atoms with Crippen LogP contribution in [0.4, 0.5) is 11.8 Å². The minimum atomic E-state index is -0.305. The molecule has 2 unspecified atom stereocenters. The van der Waals surface area contributed by atoms with Gasteiger partial charge in [0, 0.05) is 11.6 Å². The summed E-state index contributed by atoms with van der Waals surface area (Å²) in [5.74, 6) is 0.661. The van der Waals surface area contributed by atoms with Gasteiger partial charge in [-0.2, -0.15) is 4.98 Å². The summed E-state index contributed by atoms with van der Waals surface area (Å²) in [6, 6.07) is 9.42. The van der Waals surface area contributed by atoms with E-state index in [-0.39, 0.29) is 29.9 Å². The molecule has 1 fully saturated rings. The van der Waals surface area contributed by atoms with Crippen molar-refractivity contribution in [3.63, 3.8) is 0 Å². The third-order valence-electron chi connectivity index (χ3n) is 5.65. The van der Waals surface area contributed by atoms with Gasteiger partial charge >= 0.3 is 0 Å². The molecule has 1 aliphatic carbocycles. The highest BCUT2D eigenvalue weighted by Crippen LogP contribution is 2.29. The van der Waals surface area contributed by atoms with Gasteiger partial charge in [-0.25, -0.2) is 15.0 Å². The molecule has 1 aliphatic rings. The summed E-state index contributed by atoms with van der Waals surface area (Å²) < 4.78 is 0. The lowest BCUT2D eigenvalue weighted by molar-refractivity contribution is 0.102. The molecule has 0 aliphatic heterocycles. The number of carbonyl (C=O) groups excluding carboxylic acids is 1. The summed E-state index contributed by atoms with van der Waals surface area (Å²) in [7, 11) is 0. The number of rotatable bonds is 6. The van der Waals surface area contributed by atoms with Crippen molar-refractivity contribution in [2.75, 3.05) is 16.9 Å². The van der Waals surface area contributed by atoms with Crippen LogP contribution in [-0.4, -0.2) is 45.2 Å². The number of aromatic nitrogens is 3. The molecule has 172 valence electrons. The maximum atomic E-state index is 12.9. The SMILES string of the molecule is CSc1ncccc1C(=O)Nc1nc(NC2CCCCC2N=C(N)N)c2cc(C)ccc2n1. The first-order valence-electron chi connectivity index (χ1n) is 10.9. The van der Waals surface area contributed by atoms with E-state index in [2.05, 4.69) is 30.6 Å². The summed E-state index contributed by atoms with van der Waals surface area (Å²) in [4.78, 5) is 30.9. The Labute approximate surface area is 196 Å². The van der Waals surface area contributed by atoms with E-state index in [1.165, 1.54) is 11.8 Å². The minimum Gasteiger partial charge on any atom is -0.370 e. The molecular weight excluding hydrogens is 436 g/mol. The molecule has 2 atom stereocenters. The van der Waals surface area contributed by atoms with Crippen LogP contribution in [0, 0.1) is 6.92 Å². The molecule has 1 amide bonds. The van der Waals surface area contributed by atoms with Gasteiger partial charge in [-0.1, -0.05) is 24.5 Å². The number of pyridine rings is 1. The summed E-state index contributed by atoms with van der Waals surface area (Å²) in [6.45, 7) is 2.02. The second kappa shape index (κ2) is 10.0. The monoisotopic (exact) mass is 464 g/mol. The van der Waals surface area contributed by atoms with Crippen molar-refractivity contribution in [1.29, 1.82) is 0 Å². The van der Waals surface area contributed by atoms with Gasteiger partial charge in [0.1, 0.15) is 10.8 Å². The Bertz CT molecular complexity index is 1190. The normalized spacial score (nSPS) is 18.0. The van der Waals surface area contributed by atoms with Crippen molar-refractivity contribution in [3.05, 3.63) is 47.7 Å². The van der Waals surface area contributed by atoms with Gasteiger partial charge in [-0.3, -0.25) is 10.1 Å². The van der Waals surface area contributed by atoms with Crippen LogP contribution in [0.25, 0.3) is 10.9 Å². The molecule has 6 N–H and O–H groups in total. The Morgan fingerprint density at radius 3 is 2.79 bits per heavy atom. The minimum absolute atomic E-state index is 0.0313. The van der Waals surface area contributed by atoms with Crippen LogP contribution < -0.4 is 22.1 Å². The van der Waals surface area contributed by atoms with Crippen molar-refractivity contribution < 1.29 is 4.79 Å². The van der Waals surface area contributed by atoms with Crippen molar-refractivity contribution >= 4 is 46.3 Å². The van der Waals surface area contributed by atoms with Crippen molar-refractivity contribution in [1.82, 2.24) is 15.0 Å². The molecule has 9 nitrogen and oxygen atoms in total. The van der Waals surface area contributed by atoms with E-state index in [9.17, 15) is 4.79 Å². The van der Waals surface area contributed by atoms with E-state index in [1.54, 1.807) is 18.3 Å². The average molecular weight is 465 g/mol. The molecule has 33 heavy (non-hydrogen) atoms. The zero-order chi connectivity index (χ0) is 23.4. The molecule has 10 heteroatoms. The maximum absolute atomic E-state index is 12.9. The van der Waals surface area contributed by atoms with E-state index >= 15 is 0 Å². The predicted molar refractivity (Wildman–Crippen MR) is 134 cm³/mol. The van der Waals surface area contributed by atoms with E-state index in [1.807, 2.05) is 31.4 Å². The number of amides is 1. The van der Waals surface area contributed by atoms with Gasteiger partial charge in [0.05, 0.1) is 23.2 Å². The number of anilines is 2. The number of thioether (sulfide) groups is 1. The first kappa shape index (κ1) is 22.8. The number of hydrogen-bond donors (Lipinski definition) is 4. The first-order valence-corrected chi connectivity index (χ1v) is 12.1. The third-order valence-corrected chi connectivity index (χ3v) is 6.36. The standard InChI is InChI=1S/C23H28N8OS/c1-13-9-10-16-15(12-13)19(27-17-7-3-4-8-18(17)28-22(24)25)30-23(29-16)31-20(32)14-6-5-11-26-21(14)33-2/h5-6,9-12,17-18H,3-4,7-8H2,1-2H3,(H4,24,25,28)(H2,27,29,30,31,32). The molecule has 2 heterocycles. The smallest absolute Gasteiger partial charge is 0.260 e. The molecule has 1 aromatic carbocycles. The van der Waals surface area contributed by atoms with Crippen LogP contribution in [0.15, 0.2) is 46.5 Å². The fourth-order valence-electron chi connectivity index (χ4n) is 4.10. The quantitative estimate of drug-likeness (QED) is 0.247. The number of benzene rings is 1. The van der Waals surface area contributed by atoms with Gasteiger partial charge < -0.3 is 16.8 Å². The number of guanidine groups is 1. The summed E-state index contributed by atoms with van der Waals surface area (Å²) >= 11 is 1.41. The summed E-state index contributed by atoms with van der Waals surface area (Å²) in [5.41, 5.74) is 13.6. The van der Waals surface area contributed by atoms with Crippen LogP contribution >= 0.6 is 11.8 Å². The largest absolute Gasteiger partial charge is 0.370 e. The van der Waals surface area contributed by atoms with Crippen LogP contribution in [0.3, 0.4) is 0 Å². The number of nitrogens with zero attached hydrogens (tertiary/aromatic N) is 4. The molecule has 0 spiro atoms. The molecule has 4 rings (SSSR count). The number of hydrogen-bond acceptors (Lipinski definition) is 7. The van der Waals surface area contributed by atoms with Gasteiger partial charge in [-0.05, 0) is 50.3 Å². The fraction of sp³-hybridized carbons (Fsp3) is 0.348. The van der Waals surface area contributed by atoms with Crippen molar-refractivity contribution in [2.24, 2.45) is 16.5 Å². The lowest BCUT2D eigenvalue weighted by Crippen LogP contribution is -2.38. The zero-order valence-electron chi connectivity index (χ0n) is 18.7. The molecule has 3 aromatic rings. The Balaban J connectivity index is 1.69. The second-order valence-corrected chi connectivity index (χ2v) is 8.88. The average Bonchev–Trinajstić information content (AvgIpc) is 2.80. The Hall–Kier alpha value is -3.40. The van der Waals surface area contributed by atoms with Crippen LogP contribution in [-0.2, 0) is 0 Å². The van der Waals surface area contributed by atoms with Crippen LogP contribution in [0.2, 0.25) is 0 Å². The van der Waals surface area contributed by atoms with Crippen molar-refractivity contribution in [3.8, 4) is 0 Å². The first-order chi connectivity index (χ1) is 15.9. The lowest BCUT2D eigenvalue weighted by Gasteiger charge is -2.30. The highest BCUT2D eigenvalue weighted by Gasteiger charge is 2.26. The number of aliphatic imine (C=N–C) groups is 1. The molecule has 0 bridgehead atoms. The number of nitrogens with one attached hydrogen (secondary N) is 2. The van der Waals surface area contributed by atoms with Gasteiger partial charge in [0.25, 0.3) is 5.91 Å². The summed E-state index contributed by atoms with van der Waals surface area (Å²) in [6.07, 6.45) is 7.53. The lowest BCUT2D eigenvalue weighted by atomic mass is 9.90.